The predicted molar refractivity (Wildman–Crippen MR) is 59.2 cm³/mol. The smallest absolute Gasteiger partial charge is 0.226 e. The Kier molecular flexibility index (Phi) is 2.50. The number of hydrogen-bond acceptors (Lipinski definition) is 4. The molecule has 0 unspecified atom stereocenters. The molecule has 1 fully saturated rings. The van der Waals surface area contributed by atoms with Crippen molar-refractivity contribution in [2.75, 3.05) is 11.9 Å². The summed E-state index contributed by atoms with van der Waals surface area (Å²) in [6, 6.07) is 1.85. The van der Waals surface area contributed by atoms with Crippen LogP contribution in [0.4, 0.5) is 5.95 Å². The van der Waals surface area contributed by atoms with Crippen LogP contribution < -0.4 is 10.1 Å². The second-order valence-electron chi connectivity index (χ2n) is 4.29. The Hall–Kier alpha value is -1.32. The Morgan fingerprint density at radius 3 is 2.80 bits per heavy atom. The highest BCUT2D eigenvalue weighted by Crippen LogP contribution is 2.37. The molecule has 15 heavy (non-hydrogen) atoms. The van der Waals surface area contributed by atoms with Gasteiger partial charge in [-0.05, 0) is 33.6 Å². The first-order valence-corrected chi connectivity index (χ1v) is 5.38. The molecule has 1 aromatic rings. The minimum atomic E-state index is 0.206. The van der Waals surface area contributed by atoms with Gasteiger partial charge < -0.3 is 10.1 Å². The van der Waals surface area contributed by atoms with Crippen LogP contribution in [0.5, 0.6) is 5.88 Å². The van der Waals surface area contributed by atoms with Crippen molar-refractivity contribution in [3.63, 3.8) is 0 Å². The zero-order valence-corrected chi connectivity index (χ0v) is 9.50. The summed E-state index contributed by atoms with van der Waals surface area (Å²) in [6.45, 7) is 6.71. The van der Waals surface area contributed by atoms with Crippen molar-refractivity contribution in [1.29, 1.82) is 0 Å². The number of ether oxygens (including phenoxy) is 1. The normalized spacial score (nSPS) is 17.3. The zero-order valence-electron chi connectivity index (χ0n) is 9.50. The first-order chi connectivity index (χ1) is 7.11. The Labute approximate surface area is 90.1 Å². The number of anilines is 1. The molecular weight excluding hydrogens is 190 g/mol. The Morgan fingerprint density at radius 1 is 1.47 bits per heavy atom. The quantitative estimate of drug-likeness (QED) is 0.821. The van der Waals surface area contributed by atoms with E-state index in [0.717, 1.165) is 5.69 Å². The number of aromatic nitrogens is 2. The summed E-state index contributed by atoms with van der Waals surface area (Å²) in [4.78, 5) is 8.64. The third kappa shape index (κ3) is 2.58. The molecule has 1 aliphatic carbocycles. The Bertz CT molecular complexity index is 361. The van der Waals surface area contributed by atoms with Crippen LogP contribution in [0.15, 0.2) is 6.07 Å². The standard InChI is InChI=1S/C11H17N3O/c1-4-15-9-7-8(2)12-10(13-9)14-11(3)5-6-11/h7H,4-6H2,1-3H3,(H,12,13,14). The van der Waals surface area contributed by atoms with E-state index >= 15 is 0 Å². The third-order valence-corrected chi connectivity index (χ3v) is 2.54. The van der Waals surface area contributed by atoms with Gasteiger partial charge in [-0.1, -0.05) is 0 Å². The van der Waals surface area contributed by atoms with Crippen LogP contribution in [0.2, 0.25) is 0 Å². The van der Waals surface area contributed by atoms with Crippen LogP contribution in [0.25, 0.3) is 0 Å². The Balaban J connectivity index is 2.15. The summed E-state index contributed by atoms with van der Waals surface area (Å²) < 4.78 is 5.37. The summed E-state index contributed by atoms with van der Waals surface area (Å²) in [5, 5.41) is 3.33. The number of rotatable bonds is 4. The van der Waals surface area contributed by atoms with E-state index in [1.807, 2.05) is 19.9 Å². The SMILES string of the molecule is CCOc1cc(C)nc(NC2(C)CC2)n1. The summed E-state index contributed by atoms with van der Waals surface area (Å²) in [6.07, 6.45) is 2.38. The summed E-state index contributed by atoms with van der Waals surface area (Å²) in [5.41, 5.74) is 1.14. The number of nitrogens with one attached hydrogen (secondary N) is 1. The molecule has 82 valence electrons. The van der Waals surface area contributed by atoms with Crippen LogP contribution in [0, 0.1) is 6.92 Å². The van der Waals surface area contributed by atoms with Gasteiger partial charge in [0.2, 0.25) is 11.8 Å². The van der Waals surface area contributed by atoms with Gasteiger partial charge in [-0.2, -0.15) is 4.98 Å². The van der Waals surface area contributed by atoms with Crippen molar-refractivity contribution < 1.29 is 4.74 Å². The van der Waals surface area contributed by atoms with Crippen molar-refractivity contribution in [1.82, 2.24) is 9.97 Å². The predicted octanol–water partition coefficient (Wildman–Crippen LogP) is 2.15. The van der Waals surface area contributed by atoms with Crippen molar-refractivity contribution in [3.8, 4) is 5.88 Å². The highest BCUT2D eigenvalue weighted by atomic mass is 16.5. The van der Waals surface area contributed by atoms with Crippen LogP contribution in [-0.4, -0.2) is 22.1 Å². The molecule has 0 amide bonds. The highest BCUT2D eigenvalue weighted by molar-refractivity contribution is 5.36. The van der Waals surface area contributed by atoms with Crippen molar-refractivity contribution in [3.05, 3.63) is 11.8 Å². The third-order valence-electron chi connectivity index (χ3n) is 2.54. The molecule has 0 saturated heterocycles. The molecule has 1 saturated carbocycles. The largest absolute Gasteiger partial charge is 0.478 e. The molecular formula is C11H17N3O. The molecule has 0 aliphatic heterocycles. The van der Waals surface area contributed by atoms with E-state index in [1.165, 1.54) is 12.8 Å². The van der Waals surface area contributed by atoms with E-state index in [4.69, 9.17) is 4.74 Å². The average molecular weight is 207 g/mol. The van der Waals surface area contributed by atoms with Gasteiger partial charge in [0.05, 0.1) is 6.61 Å². The van der Waals surface area contributed by atoms with Crippen LogP contribution in [0.3, 0.4) is 0 Å². The van der Waals surface area contributed by atoms with Gasteiger partial charge in [-0.25, -0.2) is 4.98 Å². The van der Waals surface area contributed by atoms with Crippen molar-refractivity contribution in [2.24, 2.45) is 0 Å². The lowest BCUT2D eigenvalue weighted by Gasteiger charge is -2.12. The summed E-state index contributed by atoms with van der Waals surface area (Å²) in [7, 11) is 0. The van der Waals surface area contributed by atoms with E-state index in [9.17, 15) is 0 Å². The first kappa shape index (κ1) is 10.2. The van der Waals surface area contributed by atoms with Gasteiger partial charge in [0.15, 0.2) is 0 Å². The van der Waals surface area contributed by atoms with Gasteiger partial charge in [-0.15, -0.1) is 0 Å². The number of nitrogens with zero attached hydrogens (tertiary/aromatic N) is 2. The van der Waals surface area contributed by atoms with Crippen LogP contribution in [-0.2, 0) is 0 Å². The van der Waals surface area contributed by atoms with E-state index in [-0.39, 0.29) is 5.54 Å². The fraction of sp³-hybridized carbons (Fsp3) is 0.636. The second-order valence-corrected chi connectivity index (χ2v) is 4.29. The maximum Gasteiger partial charge on any atom is 0.226 e. The second kappa shape index (κ2) is 3.68. The van der Waals surface area contributed by atoms with E-state index in [0.29, 0.717) is 18.4 Å². The maximum absolute atomic E-state index is 5.37. The van der Waals surface area contributed by atoms with Crippen molar-refractivity contribution in [2.45, 2.75) is 39.2 Å². The molecule has 4 nitrogen and oxygen atoms in total. The van der Waals surface area contributed by atoms with E-state index in [2.05, 4.69) is 22.2 Å². The summed E-state index contributed by atoms with van der Waals surface area (Å²) in [5.74, 6) is 1.33. The topological polar surface area (TPSA) is 47.0 Å². The zero-order chi connectivity index (χ0) is 10.9. The lowest BCUT2D eigenvalue weighted by molar-refractivity contribution is 0.326. The monoisotopic (exact) mass is 207 g/mol. The molecule has 4 heteroatoms. The molecule has 0 bridgehead atoms. The van der Waals surface area contributed by atoms with Gasteiger partial charge in [-0.3, -0.25) is 0 Å². The minimum absolute atomic E-state index is 0.206. The minimum Gasteiger partial charge on any atom is -0.478 e. The lowest BCUT2D eigenvalue weighted by atomic mass is 10.3. The molecule has 2 rings (SSSR count). The average Bonchev–Trinajstić information content (AvgIpc) is 2.82. The van der Waals surface area contributed by atoms with Gasteiger partial charge in [0.25, 0.3) is 0 Å². The van der Waals surface area contributed by atoms with Crippen molar-refractivity contribution >= 4 is 5.95 Å². The van der Waals surface area contributed by atoms with E-state index in [1.54, 1.807) is 0 Å². The number of aryl methyl sites for hydroxylation is 1. The Morgan fingerprint density at radius 2 is 2.20 bits per heavy atom. The maximum atomic E-state index is 5.37. The molecule has 1 heterocycles. The lowest BCUT2D eigenvalue weighted by Crippen LogP contribution is -2.18. The fourth-order valence-corrected chi connectivity index (χ4v) is 1.40. The number of hydrogen-bond donors (Lipinski definition) is 1. The molecule has 1 aliphatic rings. The van der Waals surface area contributed by atoms with Gasteiger partial charge in [0.1, 0.15) is 0 Å². The molecule has 1 aromatic heterocycles. The summed E-state index contributed by atoms with van der Waals surface area (Å²) >= 11 is 0. The fourth-order valence-electron chi connectivity index (χ4n) is 1.40. The van der Waals surface area contributed by atoms with Gasteiger partial charge in [0, 0.05) is 17.3 Å². The van der Waals surface area contributed by atoms with Gasteiger partial charge >= 0.3 is 0 Å². The van der Waals surface area contributed by atoms with Crippen LogP contribution in [0.1, 0.15) is 32.4 Å². The molecule has 0 spiro atoms. The molecule has 0 aromatic carbocycles. The van der Waals surface area contributed by atoms with Crippen LogP contribution >= 0.6 is 0 Å². The van der Waals surface area contributed by atoms with E-state index < -0.39 is 0 Å². The molecule has 1 N–H and O–H groups in total. The molecule has 0 radical (unpaired) electrons. The molecule has 0 atom stereocenters. The first-order valence-electron chi connectivity index (χ1n) is 5.38. The highest BCUT2D eigenvalue weighted by Gasteiger charge is 2.37.